The van der Waals surface area contributed by atoms with E-state index in [9.17, 15) is 14.7 Å². The van der Waals surface area contributed by atoms with Gasteiger partial charge in [0.2, 0.25) is 0 Å². The summed E-state index contributed by atoms with van der Waals surface area (Å²) in [6.07, 6.45) is 3.60. The summed E-state index contributed by atoms with van der Waals surface area (Å²) >= 11 is 1.35. The summed E-state index contributed by atoms with van der Waals surface area (Å²) in [5.74, 6) is -0.240. The molecule has 25 heavy (non-hydrogen) atoms. The molecule has 0 aliphatic rings. The molecule has 0 aliphatic heterocycles. The first-order valence-electron chi connectivity index (χ1n) is 8.05. The van der Waals surface area contributed by atoms with Crippen LogP contribution in [0.3, 0.4) is 0 Å². The smallest absolute Gasteiger partial charge is 0.326 e. The van der Waals surface area contributed by atoms with E-state index in [1.165, 1.54) is 11.8 Å². The summed E-state index contributed by atoms with van der Waals surface area (Å²) in [7, 11) is 0. The van der Waals surface area contributed by atoms with Crippen molar-refractivity contribution >= 4 is 23.6 Å². The maximum absolute atomic E-state index is 12.5. The molecular weight excluding hydrogens is 342 g/mol. The van der Waals surface area contributed by atoms with Crippen molar-refractivity contribution in [3.63, 3.8) is 0 Å². The molecule has 2 aromatic heterocycles. The highest BCUT2D eigenvalue weighted by Gasteiger charge is 2.22. The second-order valence-electron chi connectivity index (χ2n) is 5.58. The number of aliphatic carboxylic acids is 1. The van der Waals surface area contributed by atoms with E-state index in [2.05, 4.69) is 15.5 Å². The largest absolute Gasteiger partial charge is 0.480 e. The highest BCUT2D eigenvalue weighted by molar-refractivity contribution is 7.98. The van der Waals surface area contributed by atoms with Crippen molar-refractivity contribution < 1.29 is 19.2 Å². The molecule has 0 aliphatic carbocycles. The van der Waals surface area contributed by atoms with Crippen molar-refractivity contribution in [2.24, 2.45) is 0 Å². The maximum atomic E-state index is 12.5. The number of carboxylic acids is 1. The Labute approximate surface area is 150 Å². The van der Waals surface area contributed by atoms with Crippen molar-refractivity contribution in [2.75, 3.05) is 0 Å². The highest BCUT2D eigenvalue weighted by atomic mass is 32.2. The molecule has 2 N–H and O–H groups in total. The zero-order valence-corrected chi connectivity index (χ0v) is 15.0. The first kappa shape index (κ1) is 19.0. The fourth-order valence-corrected chi connectivity index (χ4v) is 3.08. The third kappa shape index (κ3) is 5.60. The minimum Gasteiger partial charge on any atom is -0.480 e. The van der Waals surface area contributed by atoms with E-state index in [1.54, 1.807) is 18.3 Å². The number of carboxylic acid groups (broad SMARTS) is 1. The van der Waals surface area contributed by atoms with Crippen LogP contribution in [0.4, 0.5) is 0 Å². The number of rotatable bonds is 9. The number of nitrogens with zero attached hydrogens (tertiary/aromatic N) is 2. The molecule has 0 fully saturated rings. The van der Waals surface area contributed by atoms with Gasteiger partial charge >= 0.3 is 5.97 Å². The molecule has 1 unspecified atom stereocenters. The maximum Gasteiger partial charge on any atom is 0.326 e. The minimum atomic E-state index is -1.03. The summed E-state index contributed by atoms with van der Waals surface area (Å²) < 4.78 is 5.02. The Morgan fingerprint density at radius 1 is 1.44 bits per heavy atom. The van der Waals surface area contributed by atoms with Crippen molar-refractivity contribution in [3.8, 4) is 0 Å². The molecular formula is C17H21N3O4S. The molecule has 0 saturated heterocycles. The lowest BCUT2D eigenvalue weighted by Crippen LogP contribution is -2.41. The van der Waals surface area contributed by atoms with Crippen molar-refractivity contribution in [1.29, 1.82) is 0 Å². The molecule has 2 aromatic rings. The van der Waals surface area contributed by atoms with E-state index in [-0.39, 0.29) is 0 Å². The standard InChI is InChI=1S/C17H21N3O4S/c1-3-4-7-14(17(22)23)19-15(21)13-6-5-8-18-16(13)25-10-12-9-11(2)24-20-12/h5-6,8-9,14H,3-4,7,10H2,1-2H3,(H,19,21)(H,22,23). The number of hydrogen-bond acceptors (Lipinski definition) is 6. The number of carbonyl (C=O) groups excluding carboxylic acids is 1. The quantitative estimate of drug-likeness (QED) is 0.660. The second kappa shape index (κ2) is 9.22. The van der Waals surface area contributed by atoms with Gasteiger partial charge in [-0.15, -0.1) is 0 Å². The van der Waals surface area contributed by atoms with E-state index in [0.29, 0.717) is 22.8 Å². The average molecular weight is 363 g/mol. The van der Waals surface area contributed by atoms with Crippen LogP contribution >= 0.6 is 11.8 Å². The number of nitrogens with one attached hydrogen (secondary N) is 1. The van der Waals surface area contributed by atoms with Crippen LogP contribution in [-0.2, 0) is 10.5 Å². The van der Waals surface area contributed by atoms with Gasteiger partial charge in [0.1, 0.15) is 16.8 Å². The highest BCUT2D eigenvalue weighted by Crippen LogP contribution is 2.24. The minimum absolute atomic E-state index is 0.357. The number of thioether (sulfide) groups is 1. The summed E-state index contributed by atoms with van der Waals surface area (Å²) in [5.41, 5.74) is 1.11. The van der Waals surface area contributed by atoms with E-state index < -0.39 is 17.9 Å². The molecule has 2 rings (SSSR count). The molecule has 0 saturated carbocycles. The number of hydrogen-bond donors (Lipinski definition) is 2. The second-order valence-corrected chi connectivity index (χ2v) is 6.54. The number of pyridine rings is 1. The van der Waals surface area contributed by atoms with Crippen LogP contribution < -0.4 is 5.32 Å². The topological polar surface area (TPSA) is 105 Å². The Hall–Kier alpha value is -2.35. The number of unbranched alkanes of at least 4 members (excludes halogenated alkanes) is 1. The molecule has 0 radical (unpaired) electrons. The zero-order chi connectivity index (χ0) is 18.2. The van der Waals surface area contributed by atoms with Gasteiger partial charge in [-0.3, -0.25) is 4.79 Å². The van der Waals surface area contributed by atoms with Crippen LogP contribution in [0.5, 0.6) is 0 Å². The van der Waals surface area contributed by atoms with Crippen LogP contribution in [0.2, 0.25) is 0 Å². The molecule has 0 bridgehead atoms. The number of amides is 1. The first-order chi connectivity index (χ1) is 12.0. The fraction of sp³-hybridized carbons (Fsp3) is 0.412. The number of carbonyl (C=O) groups is 2. The molecule has 0 aromatic carbocycles. The Morgan fingerprint density at radius 2 is 2.24 bits per heavy atom. The van der Waals surface area contributed by atoms with Gasteiger partial charge in [0.05, 0.1) is 11.3 Å². The number of aromatic nitrogens is 2. The lowest BCUT2D eigenvalue weighted by molar-refractivity contribution is -0.139. The van der Waals surface area contributed by atoms with Crippen LogP contribution in [0.25, 0.3) is 0 Å². The van der Waals surface area contributed by atoms with Crippen LogP contribution in [0, 0.1) is 6.92 Å². The van der Waals surface area contributed by atoms with E-state index in [1.807, 2.05) is 19.9 Å². The van der Waals surface area contributed by atoms with Crippen molar-refractivity contribution in [3.05, 3.63) is 41.4 Å². The van der Waals surface area contributed by atoms with E-state index in [4.69, 9.17) is 4.52 Å². The van der Waals surface area contributed by atoms with Gasteiger partial charge in [0.25, 0.3) is 5.91 Å². The third-order valence-corrected chi connectivity index (χ3v) is 4.54. The SMILES string of the molecule is CCCCC(NC(=O)c1cccnc1SCc1cc(C)on1)C(=O)O. The third-order valence-electron chi connectivity index (χ3n) is 3.50. The van der Waals surface area contributed by atoms with Gasteiger partial charge in [-0.05, 0) is 25.5 Å². The first-order valence-corrected chi connectivity index (χ1v) is 9.03. The molecule has 2 heterocycles. The van der Waals surface area contributed by atoms with Crippen molar-refractivity contribution in [2.45, 2.75) is 49.9 Å². The summed E-state index contributed by atoms with van der Waals surface area (Å²) in [6, 6.07) is 4.21. The molecule has 8 heteroatoms. The lowest BCUT2D eigenvalue weighted by atomic mass is 10.1. The zero-order valence-electron chi connectivity index (χ0n) is 14.2. The predicted molar refractivity (Wildman–Crippen MR) is 93.5 cm³/mol. The average Bonchev–Trinajstić information content (AvgIpc) is 3.02. The van der Waals surface area contributed by atoms with Gasteiger partial charge < -0.3 is 14.9 Å². The molecule has 134 valence electrons. The monoisotopic (exact) mass is 363 g/mol. The molecule has 1 atom stereocenters. The Kier molecular flexibility index (Phi) is 7.00. The fourth-order valence-electron chi connectivity index (χ4n) is 2.21. The van der Waals surface area contributed by atoms with Gasteiger partial charge in [-0.25, -0.2) is 9.78 Å². The van der Waals surface area contributed by atoms with Gasteiger partial charge in [-0.2, -0.15) is 0 Å². The van der Waals surface area contributed by atoms with Gasteiger partial charge in [-0.1, -0.05) is 36.7 Å². The van der Waals surface area contributed by atoms with Crippen molar-refractivity contribution in [1.82, 2.24) is 15.5 Å². The van der Waals surface area contributed by atoms with E-state index >= 15 is 0 Å². The Bertz CT molecular complexity index is 732. The van der Waals surface area contributed by atoms with Crippen LogP contribution in [0.1, 0.15) is 48.0 Å². The predicted octanol–water partition coefficient (Wildman–Crippen LogP) is 3.04. The Balaban J connectivity index is 2.07. The summed E-state index contributed by atoms with van der Waals surface area (Å²) in [4.78, 5) is 28.0. The van der Waals surface area contributed by atoms with Crippen LogP contribution in [-0.4, -0.2) is 33.2 Å². The van der Waals surface area contributed by atoms with Crippen LogP contribution in [0.15, 0.2) is 33.9 Å². The van der Waals surface area contributed by atoms with E-state index in [0.717, 1.165) is 24.3 Å². The summed E-state index contributed by atoms with van der Waals surface area (Å²) in [5, 5.41) is 16.3. The summed E-state index contributed by atoms with van der Waals surface area (Å²) in [6.45, 7) is 3.78. The van der Waals surface area contributed by atoms with Gasteiger partial charge in [0, 0.05) is 18.0 Å². The molecule has 7 nitrogen and oxygen atoms in total. The lowest BCUT2D eigenvalue weighted by Gasteiger charge is -2.15. The normalized spacial score (nSPS) is 11.9. The molecule has 1 amide bonds. The number of aryl methyl sites for hydroxylation is 1. The molecule has 0 spiro atoms. The Morgan fingerprint density at radius 3 is 2.88 bits per heavy atom. The van der Waals surface area contributed by atoms with Gasteiger partial charge in [0.15, 0.2) is 0 Å².